The molecule has 0 amide bonds. The van der Waals surface area contributed by atoms with Gasteiger partial charge in [0.05, 0.1) is 5.56 Å². The topological polar surface area (TPSA) is 26.0 Å². The van der Waals surface area contributed by atoms with Crippen molar-refractivity contribution in [2.45, 2.75) is 25.9 Å². The van der Waals surface area contributed by atoms with Crippen LogP contribution in [0.15, 0.2) is 18.2 Å². The Morgan fingerprint density at radius 1 is 1.29 bits per heavy atom. The minimum absolute atomic E-state index is 0.430. The molecule has 0 aliphatic carbocycles. The predicted molar refractivity (Wildman–Crippen MR) is 49.9 cm³/mol. The summed E-state index contributed by atoms with van der Waals surface area (Å²) >= 11 is 0. The first-order valence-corrected chi connectivity index (χ1v) is 4.40. The molecule has 1 aromatic carbocycles. The van der Waals surface area contributed by atoms with Gasteiger partial charge >= 0.3 is 6.18 Å². The monoisotopic (exact) mass is 203 g/mol. The lowest BCUT2D eigenvalue weighted by molar-refractivity contribution is -0.137. The van der Waals surface area contributed by atoms with E-state index in [1.807, 2.05) is 6.92 Å². The van der Waals surface area contributed by atoms with Crippen LogP contribution in [0.25, 0.3) is 0 Å². The van der Waals surface area contributed by atoms with Crippen LogP contribution in [0, 0.1) is 0 Å². The normalized spacial score (nSPS) is 11.7. The number of benzene rings is 1. The Morgan fingerprint density at radius 3 is 2.43 bits per heavy atom. The molecule has 0 saturated carbocycles. The van der Waals surface area contributed by atoms with Crippen LogP contribution in [0.1, 0.15) is 24.5 Å². The number of anilines is 1. The molecule has 0 unspecified atom stereocenters. The Kier molecular flexibility index (Phi) is 3.03. The van der Waals surface area contributed by atoms with E-state index in [4.69, 9.17) is 5.73 Å². The van der Waals surface area contributed by atoms with Gasteiger partial charge in [-0.25, -0.2) is 0 Å². The van der Waals surface area contributed by atoms with Crippen molar-refractivity contribution in [3.63, 3.8) is 0 Å². The van der Waals surface area contributed by atoms with Crippen LogP contribution in [0.2, 0.25) is 0 Å². The molecule has 0 aliphatic heterocycles. The summed E-state index contributed by atoms with van der Waals surface area (Å²) in [5.41, 5.74) is 5.92. The first-order chi connectivity index (χ1) is 6.45. The van der Waals surface area contributed by atoms with Crippen LogP contribution in [0.3, 0.4) is 0 Å². The van der Waals surface area contributed by atoms with Crippen molar-refractivity contribution >= 4 is 5.69 Å². The second-order valence-corrected chi connectivity index (χ2v) is 3.16. The fourth-order valence-electron chi connectivity index (χ4n) is 1.27. The van der Waals surface area contributed by atoms with E-state index in [2.05, 4.69) is 0 Å². The fourth-order valence-corrected chi connectivity index (χ4v) is 1.27. The van der Waals surface area contributed by atoms with Gasteiger partial charge in [0.15, 0.2) is 0 Å². The van der Waals surface area contributed by atoms with Crippen LogP contribution in [-0.4, -0.2) is 0 Å². The minimum Gasteiger partial charge on any atom is -0.399 e. The van der Waals surface area contributed by atoms with E-state index in [1.165, 1.54) is 6.07 Å². The van der Waals surface area contributed by atoms with E-state index < -0.39 is 11.7 Å². The van der Waals surface area contributed by atoms with E-state index in [0.717, 1.165) is 18.6 Å². The van der Waals surface area contributed by atoms with Crippen LogP contribution in [-0.2, 0) is 12.6 Å². The number of nitrogen functional groups attached to an aromatic ring is 1. The van der Waals surface area contributed by atoms with Gasteiger partial charge in [0, 0.05) is 5.69 Å². The summed E-state index contributed by atoms with van der Waals surface area (Å²) < 4.78 is 36.9. The van der Waals surface area contributed by atoms with E-state index >= 15 is 0 Å². The van der Waals surface area contributed by atoms with Gasteiger partial charge < -0.3 is 5.73 Å². The van der Waals surface area contributed by atoms with Crippen LogP contribution in [0.4, 0.5) is 18.9 Å². The molecule has 2 N–H and O–H groups in total. The van der Waals surface area contributed by atoms with Crippen LogP contribution >= 0.6 is 0 Å². The molecule has 0 radical (unpaired) electrons. The number of alkyl halides is 3. The number of hydrogen-bond donors (Lipinski definition) is 1. The third-order valence-electron chi connectivity index (χ3n) is 1.99. The molecule has 0 atom stereocenters. The molecule has 78 valence electrons. The van der Waals surface area contributed by atoms with Gasteiger partial charge in [-0.3, -0.25) is 0 Å². The fraction of sp³-hybridized carbons (Fsp3) is 0.400. The van der Waals surface area contributed by atoms with E-state index in [9.17, 15) is 13.2 Å². The molecule has 1 aromatic rings. The molecule has 0 bridgehead atoms. The lowest BCUT2D eigenvalue weighted by Crippen LogP contribution is -2.06. The van der Waals surface area contributed by atoms with Crippen molar-refractivity contribution in [3.8, 4) is 0 Å². The number of hydrogen-bond acceptors (Lipinski definition) is 1. The second-order valence-electron chi connectivity index (χ2n) is 3.16. The third-order valence-corrected chi connectivity index (χ3v) is 1.99. The number of halogens is 3. The molecule has 0 spiro atoms. The lowest BCUT2D eigenvalue weighted by atomic mass is 10.0. The maximum Gasteiger partial charge on any atom is 0.416 e. The number of nitrogens with two attached hydrogens (primary N) is 1. The molecule has 0 saturated heterocycles. The second kappa shape index (κ2) is 3.90. The highest BCUT2D eigenvalue weighted by atomic mass is 19.4. The van der Waals surface area contributed by atoms with Gasteiger partial charge in [0.2, 0.25) is 0 Å². The molecular formula is C10H12F3N. The number of aryl methyl sites for hydroxylation is 1. The summed E-state index contributed by atoms with van der Waals surface area (Å²) in [6.45, 7) is 1.90. The summed E-state index contributed by atoms with van der Waals surface area (Å²) in [5.74, 6) is 0. The Hall–Kier alpha value is -1.19. The molecule has 0 heterocycles. The molecule has 0 fully saturated rings. The zero-order valence-electron chi connectivity index (χ0n) is 7.86. The highest BCUT2D eigenvalue weighted by Crippen LogP contribution is 2.31. The maximum absolute atomic E-state index is 12.3. The average molecular weight is 203 g/mol. The molecular weight excluding hydrogens is 191 g/mol. The van der Waals surface area contributed by atoms with Crippen molar-refractivity contribution in [2.24, 2.45) is 0 Å². The molecule has 1 nitrogen and oxygen atoms in total. The summed E-state index contributed by atoms with van der Waals surface area (Å²) in [7, 11) is 0. The molecule has 1 rings (SSSR count). The maximum atomic E-state index is 12.3. The predicted octanol–water partition coefficient (Wildman–Crippen LogP) is 3.24. The van der Waals surface area contributed by atoms with Gasteiger partial charge in [-0.2, -0.15) is 13.2 Å². The third kappa shape index (κ3) is 2.40. The van der Waals surface area contributed by atoms with E-state index in [1.54, 1.807) is 0 Å². The smallest absolute Gasteiger partial charge is 0.399 e. The standard InChI is InChI=1S/C10H12F3N/c1-2-3-7-6-8(10(11,12)13)4-5-9(7)14/h4-6H,2-3,14H2,1H3. The number of rotatable bonds is 2. The van der Waals surface area contributed by atoms with Gasteiger partial charge in [0.1, 0.15) is 0 Å². The summed E-state index contributed by atoms with van der Waals surface area (Å²) in [5, 5.41) is 0. The SMILES string of the molecule is CCCc1cc(C(F)(F)F)ccc1N. The zero-order valence-corrected chi connectivity index (χ0v) is 7.86. The summed E-state index contributed by atoms with van der Waals surface area (Å²) in [6, 6.07) is 3.45. The van der Waals surface area contributed by atoms with Crippen molar-refractivity contribution in [1.82, 2.24) is 0 Å². The van der Waals surface area contributed by atoms with Crippen LogP contribution < -0.4 is 5.73 Å². The van der Waals surface area contributed by atoms with E-state index in [0.29, 0.717) is 17.7 Å². The molecule has 0 aromatic heterocycles. The first kappa shape index (κ1) is 10.9. The average Bonchev–Trinajstić information content (AvgIpc) is 2.07. The zero-order chi connectivity index (χ0) is 10.8. The van der Waals surface area contributed by atoms with E-state index in [-0.39, 0.29) is 0 Å². The molecule has 4 heteroatoms. The van der Waals surface area contributed by atoms with Gasteiger partial charge in [-0.05, 0) is 30.2 Å². The lowest BCUT2D eigenvalue weighted by Gasteiger charge is -2.10. The highest BCUT2D eigenvalue weighted by molar-refractivity contribution is 5.49. The van der Waals surface area contributed by atoms with Crippen molar-refractivity contribution in [2.75, 3.05) is 5.73 Å². The minimum atomic E-state index is -4.28. The summed E-state index contributed by atoms with van der Waals surface area (Å²) in [4.78, 5) is 0. The van der Waals surface area contributed by atoms with Crippen LogP contribution in [0.5, 0.6) is 0 Å². The quantitative estimate of drug-likeness (QED) is 0.733. The Morgan fingerprint density at radius 2 is 1.93 bits per heavy atom. The Balaban J connectivity index is 3.06. The van der Waals surface area contributed by atoms with Gasteiger partial charge in [0.25, 0.3) is 0 Å². The van der Waals surface area contributed by atoms with Crippen molar-refractivity contribution in [3.05, 3.63) is 29.3 Å². The van der Waals surface area contributed by atoms with Crippen molar-refractivity contribution in [1.29, 1.82) is 0 Å². The summed E-state index contributed by atoms with van der Waals surface area (Å²) in [6.07, 6.45) is -2.92. The van der Waals surface area contributed by atoms with Crippen molar-refractivity contribution < 1.29 is 13.2 Å². The first-order valence-electron chi connectivity index (χ1n) is 4.40. The molecule has 14 heavy (non-hydrogen) atoms. The molecule has 0 aliphatic rings. The highest BCUT2D eigenvalue weighted by Gasteiger charge is 2.30. The van der Waals surface area contributed by atoms with Gasteiger partial charge in [-0.15, -0.1) is 0 Å². The Bertz CT molecular complexity index is 318. The Labute approximate surface area is 80.7 Å². The van der Waals surface area contributed by atoms with Gasteiger partial charge in [-0.1, -0.05) is 13.3 Å². The largest absolute Gasteiger partial charge is 0.416 e.